The maximum absolute atomic E-state index is 13.2. The van der Waals surface area contributed by atoms with Crippen LogP contribution in [0.3, 0.4) is 0 Å². The van der Waals surface area contributed by atoms with E-state index < -0.39 is 24.1 Å². The molecule has 2 N–H and O–H groups in total. The Morgan fingerprint density at radius 1 is 1.42 bits per heavy atom. The first-order valence-electron chi connectivity index (χ1n) is 5.22. The number of aromatic amines is 1. The van der Waals surface area contributed by atoms with Crippen LogP contribution in [0.25, 0.3) is 0 Å². The summed E-state index contributed by atoms with van der Waals surface area (Å²) in [6.07, 6.45) is 0. The molecule has 0 bridgehead atoms. The number of ether oxygens (including phenoxy) is 1. The number of carbonyl (C=O) groups excluding carboxylic acids is 1. The van der Waals surface area contributed by atoms with Gasteiger partial charge in [-0.3, -0.25) is 4.79 Å². The van der Waals surface area contributed by atoms with Gasteiger partial charge in [0, 0.05) is 6.07 Å². The van der Waals surface area contributed by atoms with Gasteiger partial charge in [-0.2, -0.15) is 5.21 Å². The molecule has 1 aromatic heterocycles. The molecule has 7 nitrogen and oxygen atoms in total. The van der Waals surface area contributed by atoms with Crippen molar-refractivity contribution in [2.75, 3.05) is 6.61 Å². The quantitative estimate of drug-likeness (QED) is 0.807. The van der Waals surface area contributed by atoms with Gasteiger partial charge in [0.1, 0.15) is 5.82 Å². The van der Waals surface area contributed by atoms with Gasteiger partial charge in [-0.05, 0) is 12.1 Å². The molecule has 0 saturated carbocycles. The largest absolute Gasteiger partial charge is 0.481 e. The molecule has 0 saturated heterocycles. The highest BCUT2D eigenvalue weighted by molar-refractivity contribution is 5.77. The van der Waals surface area contributed by atoms with Crippen LogP contribution >= 0.6 is 0 Å². The lowest BCUT2D eigenvalue weighted by atomic mass is 10.3. The molecule has 0 spiro atoms. The summed E-state index contributed by atoms with van der Waals surface area (Å²) >= 11 is 0. The Hall–Kier alpha value is -2.58. The van der Waals surface area contributed by atoms with Gasteiger partial charge < -0.3 is 10.1 Å². The van der Waals surface area contributed by atoms with Gasteiger partial charge in [0.25, 0.3) is 5.91 Å². The Labute approximate surface area is 106 Å². The molecule has 0 unspecified atom stereocenters. The van der Waals surface area contributed by atoms with E-state index in [4.69, 9.17) is 4.74 Å². The summed E-state index contributed by atoms with van der Waals surface area (Å²) in [7, 11) is 0. The normalized spacial score (nSPS) is 10.2. The fourth-order valence-electron chi connectivity index (χ4n) is 1.22. The Balaban J connectivity index is 1.80. The number of hydrogen-bond acceptors (Lipinski definition) is 5. The van der Waals surface area contributed by atoms with E-state index in [1.54, 1.807) is 0 Å². The van der Waals surface area contributed by atoms with Gasteiger partial charge in [0.15, 0.2) is 24.0 Å². The van der Waals surface area contributed by atoms with Crippen molar-refractivity contribution in [2.24, 2.45) is 0 Å². The molecule has 9 heteroatoms. The molecule has 1 heterocycles. The zero-order valence-corrected chi connectivity index (χ0v) is 9.56. The van der Waals surface area contributed by atoms with Crippen LogP contribution < -0.4 is 10.1 Å². The second-order valence-corrected chi connectivity index (χ2v) is 3.47. The number of benzene rings is 1. The molecule has 0 radical (unpaired) electrons. The predicted molar refractivity (Wildman–Crippen MR) is 57.9 cm³/mol. The second kappa shape index (κ2) is 5.85. The van der Waals surface area contributed by atoms with Crippen molar-refractivity contribution in [1.82, 2.24) is 25.9 Å². The van der Waals surface area contributed by atoms with E-state index in [-0.39, 0.29) is 12.3 Å². The van der Waals surface area contributed by atoms with E-state index in [1.807, 2.05) is 0 Å². The number of aromatic nitrogens is 4. The van der Waals surface area contributed by atoms with Crippen LogP contribution in [0.5, 0.6) is 5.75 Å². The van der Waals surface area contributed by atoms with Crippen molar-refractivity contribution >= 4 is 5.91 Å². The number of carbonyl (C=O) groups is 1. The van der Waals surface area contributed by atoms with Gasteiger partial charge in [-0.25, -0.2) is 8.78 Å². The summed E-state index contributed by atoms with van der Waals surface area (Å²) in [5.41, 5.74) is 0. The molecule has 0 aliphatic heterocycles. The topological polar surface area (TPSA) is 92.8 Å². The first-order chi connectivity index (χ1) is 9.15. The van der Waals surface area contributed by atoms with Gasteiger partial charge in [-0.1, -0.05) is 5.21 Å². The number of tetrazole rings is 1. The highest BCUT2D eigenvalue weighted by Gasteiger charge is 2.08. The van der Waals surface area contributed by atoms with Crippen LogP contribution in [0.15, 0.2) is 18.2 Å². The minimum atomic E-state index is -0.869. The van der Waals surface area contributed by atoms with Gasteiger partial charge in [0.05, 0.1) is 6.54 Å². The molecule has 1 amide bonds. The van der Waals surface area contributed by atoms with Crippen LogP contribution in [-0.2, 0) is 11.3 Å². The van der Waals surface area contributed by atoms with E-state index in [9.17, 15) is 13.6 Å². The minimum Gasteiger partial charge on any atom is -0.481 e. The van der Waals surface area contributed by atoms with Crippen molar-refractivity contribution in [1.29, 1.82) is 0 Å². The third-order valence-electron chi connectivity index (χ3n) is 2.09. The SMILES string of the molecule is O=C(COc1ccc(F)cc1F)NCc1nn[nH]n1. The summed E-state index contributed by atoms with van der Waals surface area (Å²) in [4.78, 5) is 11.4. The van der Waals surface area contributed by atoms with E-state index in [0.29, 0.717) is 11.9 Å². The summed E-state index contributed by atoms with van der Waals surface area (Å²) in [5, 5.41) is 15.2. The monoisotopic (exact) mass is 269 g/mol. The Kier molecular flexibility index (Phi) is 3.96. The van der Waals surface area contributed by atoms with Crippen molar-refractivity contribution < 1.29 is 18.3 Å². The van der Waals surface area contributed by atoms with E-state index in [2.05, 4.69) is 25.9 Å². The summed E-state index contributed by atoms with van der Waals surface area (Å²) < 4.78 is 30.7. The lowest BCUT2D eigenvalue weighted by Gasteiger charge is -2.07. The molecule has 1 aromatic carbocycles. The number of halogens is 2. The molecule has 0 fully saturated rings. The third-order valence-corrected chi connectivity index (χ3v) is 2.09. The average molecular weight is 269 g/mol. The molecule has 19 heavy (non-hydrogen) atoms. The molecule has 0 aliphatic rings. The minimum absolute atomic E-state index is 0.0740. The second-order valence-electron chi connectivity index (χ2n) is 3.47. The third kappa shape index (κ3) is 3.69. The number of nitrogens with one attached hydrogen (secondary N) is 2. The Morgan fingerprint density at radius 2 is 2.26 bits per heavy atom. The fourth-order valence-corrected chi connectivity index (χ4v) is 1.22. The van der Waals surface area contributed by atoms with Crippen LogP contribution in [0.4, 0.5) is 8.78 Å². The van der Waals surface area contributed by atoms with Crippen molar-refractivity contribution in [2.45, 2.75) is 6.54 Å². The van der Waals surface area contributed by atoms with E-state index in [1.165, 1.54) is 0 Å². The average Bonchev–Trinajstić information content (AvgIpc) is 2.88. The zero-order chi connectivity index (χ0) is 13.7. The predicted octanol–water partition coefficient (Wildman–Crippen LogP) is 0.173. The van der Waals surface area contributed by atoms with Crippen LogP contribution in [-0.4, -0.2) is 33.1 Å². The highest BCUT2D eigenvalue weighted by atomic mass is 19.1. The number of hydrogen-bond donors (Lipinski definition) is 2. The molecule has 0 atom stereocenters. The molecular formula is C10H9F2N5O2. The van der Waals surface area contributed by atoms with Crippen LogP contribution in [0.2, 0.25) is 0 Å². The van der Waals surface area contributed by atoms with Crippen molar-refractivity contribution in [3.8, 4) is 5.75 Å². The standard InChI is InChI=1S/C10H9F2N5O2/c11-6-1-2-8(7(12)3-6)19-5-10(18)13-4-9-14-16-17-15-9/h1-3H,4-5H2,(H,13,18)(H,14,15,16,17). The highest BCUT2D eigenvalue weighted by Crippen LogP contribution is 2.17. The van der Waals surface area contributed by atoms with Gasteiger partial charge in [-0.15, -0.1) is 10.2 Å². The van der Waals surface area contributed by atoms with E-state index in [0.717, 1.165) is 12.1 Å². The molecular weight excluding hydrogens is 260 g/mol. The smallest absolute Gasteiger partial charge is 0.258 e. The summed E-state index contributed by atoms with van der Waals surface area (Å²) in [6, 6.07) is 2.82. The number of nitrogens with zero attached hydrogens (tertiary/aromatic N) is 3. The number of amides is 1. The first-order valence-corrected chi connectivity index (χ1v) is 5.22. The summed E-state index contributed by atoms with van der Waals surface area (Å²) in [5.74, 6) is -1.97. The fraction of sp³-hybridized carbons (Fsp3) is 0.200. The van der Waals surface area contributed by atoms with Crippen LogP contribution in [0.1, 0.15) is 5.82 Å². The number of rotatable bonds is 5. The van der Waals surface area contributed by atoms with Crippen LogP contribution in [0, 0.1) is 11.6 Å². The van der Waals surface area contributed by atoms with Crippen molar-refractivity contribution in [3.63, 3.8) is 0 Å². The Morgan fingerprint density at radius 3 is 2.95 bits per heavy atom. The van der Waals surface area contributed by atoms with Gasteiger partial charge in [0.2, 0.25) is 0 Å². The summed E-state index contributed by atoms with van der Waals surface area (Å²) in [6.45, 7) is -0.328. The lowest BCUT2D eigenvalue weighted by Crippen LogP contribution is -2.29. The maximum Gasteiger partial charge on any atom is 0.258 e. The molecule has 2 rings (SSSR count). The number of H-pyrrole nitrogens is 1. The molecule has 0 aliphatic carbocycles. The molecule has 100 valence electrons. The maximum atomic E-state index is 13.2. The lowest BCUT2D eigenvalue weighted by molar-refractivity contribution is -0.123. The molecule has 2 aromatic rings. The van der Waals surface area contributed by atoms with Crippen molar-refractivity contribution in [3.05, 3.63) is 35.7 Å². The van der Waals surface area contributed by atoms with Gasteiger partial charge >= 0.3 is 0 Å². The first kappa shape index (κ1) is 12.9. The van der Waals surface area contributed by atoms with E-state index >= 15 is 0 Å². The Bertz CT molecular complexity index is 561. The zero-order valence-electron chi connectivity index (χ0n) is 9.56.